The minimum Gasteiger partial charge on any atom is -0.369 e. The van der Waals surface area contributed by atoms with Crippen LogP contribution in [0, 0.1) is 11.7 Å². The van der Waals surface area contributed by atoms with Gasteiger partial charge in [-0.3, -0.25) is 9.10 Å². The Morgan fingerprint density at radius 2 is 1.62 bits per heavy atom. The molecule has 2 heterocycles. The average molecular weight is 647 g/mol. The quantitative estimate of drug-likeness (QED) is 0.444. The lowest BCUT2D eigenvalue weighted by molar-refractivity contribution is -0.376. The van der Waals surface area contributed by atoms with Crippen LogP contribution in [-0.2, 0) is 36.7 Å². The van der Waals surface area contributed by atoms with E-state index < -0.39 is 72.5 Å². The molecule has 42 heavy (non-hydrogen) atoms. The summed E-state index contributed by atoms with van der Waals surface area (Å²) in [6, 6.07) is 3.79. The summed E-state index contributed by atoms with van der Waals surface area (Å²) < 4.78 is 146. The summed E-state index contributed by atoms with van der Waals surface area (Å²) >= 11 is 0. The minimum atomic E-state index is -6.16. The molecule has 1 fully saturated rings. The third-order valence-electron chi connectivity index (χ3n) is 7.34. The maximum Gasteiger partial charge on any atom is 0.430 e. The van der Waals surface area contributed by atoms with Crippen molar-refractivity contribution in [2.75, 3.05) is 22.4 Å². The molecule has 17 heteroatoms. The van der Waals surface area contributed by atoms with Crippen LogP contribution in [0.25, 0.3) is 0 Å². The number of halogens is 7. The number of hydrogen-bond donors (Lipinski definition) is 2. The highest BCUT2D eigenvalue weighted by molar-refractivity contribution is 7.93. The Hall–Kier alpha value is -2.92. The molecule has 0 bridgehead atoms. The predicted molar refractivity (Wildman–Crippen MR) is 135 cm³/mol. The van der Waals surface area contributed by atoms with E-state index in [9.17, 15) is 57.5 Å². The zero-order valence-electron chi connectivity index (χ0n) is 21.5. The number of alkyl halides is 6. The van der Waals surface area contributed by atoms with Crippen LogP contribution in [0.5, 0.6) is 0 Å². The Morgan fingerprint density at radius 3 is 2.17 bits per heavy atom. The van der Waals surface area contributed by atoms with Crippen molar-refractivity contribution >= 4 is 31.5 Å². The van der Waals surface area contributed by atoms with Crippen molar-refractivity contribution in [3.8, 4) is 0 Å². The molecule has 0 saturated carbocycles. The lowest BCUT2D eigenvalue weighted by Gasteiger charge is -2.39. The first-order valence-corrected chi connectivity index (χ1v) is 15.8. The van der Waals surface area contributed by atoms with Gasteiger partial charge in [-0.05, 0) is 61.1 Å². The molecule has 0 spiro atoms. The number of nitrogens with one attached hydrogen (secondary N) is 1. The van der Waals surface area contributed by atoms with Gasteiger partial charge in [0.25, 0.3) is 15.6 Å². The van der Waals surface area contributed by atoms with Gasteiger partial charge in [0.15, 0.2) is 9.84 Å². The molecule has 1 amide bonds. The van der Waals surface area contributed by atoms with E-state index in [1.807, 2.05) is 0 Å². The summed E-state index contributed by atoms with van der Waals surface area (Å²) in [6.45, 7) is 0.00289. The molecular weight excluding hydrogens is 621 g/mol. The van der Waals surface area contributed by atoms with Crippen molar-refractivity contribution in [2.45, 2.75) is 54.6 Å². The van der Waals surface area contributed by atoms with Gasteiger partial charge >= 0.3 is 12.4 Å². The second-order valence-corrected chi connectivity index (χ2v) is 14.3. The van der Waals surface area contributed by atoms with Crippen molar-refractivity contribution in [3.63, 3.8) is 0 Å². The van der Waals surface area contributed by atoms with Crippen molar-refractivity contribution in [2.24, 2.45) is 5.92 Å². The predicted octanol–water partition coefficient (Wildman–Crippen LogP) is 3.59. The van der Waals surface area contributed by atoms with Crippen molar-refractivity contribution in [1.82, 2.24) is 5.32 Å². The monoisotopic (exact) mass is 646 g/mol. The smallest absolute Gasteiger partial charge is 0.369 e. The fourth-order valence-corrected chi connectivity index (χ4v) is 8.74. The van der Waals surface area contributed by atoms with Gasteiger partial charge in [0.2, 0.25) is 5.91 Å². The Balaban J connectivity index is 1.71. The molecule has 2 atom stereocenters. The van der Waals surface area contributed by atoms with Gasteiger partial charge in [0, 0.05) is 18.5 Å². The molecule has 2 aromatic carbocycles. The number of fused-ring (bicyclic) bond motifs is 1. The van der Waals surface area contributed by atoms with Gasteiger partial charge in [-0.15, -0.1) is 0 Å². The highest BCUT2D eigenvalue weighted by Crippen LogP contribution is 2.51. The molecule has 2 aromatic rings. The van der Waals surface area contributed by atoms with Crippen LogP contribution < -0.4 is 9.62 Å². The molecule has 2 aliphatic heterocycles. The summed E-state index contributed by atoms with van der Waals surface area (Å²) in [5, 5.41) is 12.4. The fraction of sp³-hybridized carbons (Fsp3) is 0.480. The number of sulfonamides is 1. The number of hydrogen-bond acceptors (Lipinski definition) is 6. The van der Waals surface area contributed by atoms with Crippen LogP contribution in [0.1, 0.15) is 30.4 Å². The zero-order chi connectivity index (χ0) is 31.3. The van der Waals surface area contributed by atoms with E-state index in [-0.39, 0.29) is 48.1 Å². The van der Waals surface area contributed by atoms with Crippen LogP contribution >= 0.6 is 0 Å². The molecule has 0 radical (unpaired) electrons. The lowest BCUT2D eigenvalue weighted by Crippen LogP contribution is -2.54. The third kappa shape index (κ3) is 6.08. The molecule has 232 valence electrons. The Kier molecular flexibility index (Phi) is 8.36. The molecular formula is C25H25F7N2O6S2. The average Bonchev–Trinajstić information content (AvgIpc) is 3.23. The molecule has 2 aliphatic rings. The first-order chi connectivity index (χ1) is 19.3. The molecule has 0 aliphatic carbocycles. The first-order valence-electron chi connectivity index (χ1n) is 12.5. The molecule has 2 N–H and O–H groups in total. The van der Waals surface area contributed by atoms with Gasteiger partial charge in [0.1, 0.15) is 5.82 Å². The second kappa shape index (κ2) is 11.0. The topological polar surface area (TPSA) is 121 Å². The Labute approximate surface area is 236 Å². The fourth-order valence-electron chi connectivity index (χ4n) is 5.16. The number of benzene rings is 2. The maximum absolute atomic E-state index is 13.7. The largest absolute Gasteiger partial charge is 0.430 e. The molecule has 1 saturated heterocycles. The molecule has 2 unspecified atom stereocenters. The highest BCUT2D eigenvalue weighted by atomic mass is 32.2. The SMILES string of the molecule is O=C(CC1CCc2cc(C(O)(C(F)(F)F)C(F)(F)F)ccc2N1S(=O)(=O)c1ccc(F)cc1)NCC1CCS(=O)(=O)C1. The van der Waals surface area contributed by atoms with Crippen LogP contribution in [-0.4, -0.2) is 64.3 Å². The highest BCUT2D eigenvalue weighted by Gasteiger charge is 2.71. The first kappa shape index (κ1) is 32.0. The van der Waals surface area contributed by atoms with Crippen LogP contribution in [0.15, 0.2) is 47.4 Å². The van der Waals surface area contributed by atoms with Crippen LogP contribution in [0.4, 0.5) is 36.4 Å². The number of aliphatic hydroxyl groups is 1. The summed E-state index contributed by atoms with van der Waals surface area (Å²) in [6.07, 6.45) is -12.9. The molecule has 0 aromatic heterocycles. The molecule has 4 rings (SSSR count). The number of anilines is 1. The van der Waals surface area contributed by atoms with Crippen molar-refractivity contribution < 1.29 is 57.5 Å². The van der Waals surface area contributed by atoms with Crippen LogP contribution in [0.3, 0.4) is 0 Å². The van der Waals surface area contributed by atoms with E-state index in [1.165, 1.54) is 0 Å². The van der Waals surface area contributed by atoms with Gasteiger partial charge in [-0.2, -0.15) is 26.3 Å². The third-order valence-corrected chi connectivity index (χ3v) is 11.1. The van der Waals surface area contributed by atoms with Crippen LogP contribution in [0.2, 0.25) is 0 Å². The van der Waals surface area contributed by atoms with Crippen molar-refractivity contribution in [3.05, 3.63) is 59.4 Å². The lowest BCUT2D eigenvalue weighted by atomic mass is 9.87. The van der Waals surface area contributed by atoms with E-state index in [1.54, 1.807) is 0 Å². The Morgan fingerprint density at radius 1 is 1.00 bits per heavy atom. The van der Waals surface area contributed by atoms with E-state index in [0.29, 0.717) is 28.9 Å². The number of carbonyl (C=O) groups is 1. The minimum absolute atomic E-state index is 0.00289. The zero-order valence-corrected chi connectivity index (χ0v) is 23.2. The number of sulfone groups is 1. The van der Waals surface area contributed by atoms with E-state index in [0.717, 1.165) is 24.3 Å². The van der Waals surface area contributed by atoms with Gasteiger partial charge < -0.3 is 10.4 Å². The van der Waals surface area contributed by atoms with Gasteiger partial charge in [-0.1, -0.05) is 12.1 Å². The summed E-state index contributed by atoms with van der Waals surface area (Å²) in [4.78, 5) is 12.3. The van der Waals surface area contributed by atoms with Gasteiger partial charge in [0.05, 0.1) is 28.1 Å². The van der Waals surface area contributed by atoms with Crippen molar-refractivity contribution in [1.29, 1.82) is 0 Å². The van der Waals surface area contributed by atoms with E-state index in [4.69, 9.17) is 0 Å². The van der Waals surface area contributed by atoms with E-state index in [2.05, 4.69) is 5.32 Å². The van der Waals surface area contributed by atoms with Gasteiger partial charge in [-0.25, -0.2) is 21.2 Å². The second-order valence-electron chi connectivity index (χ2n) is 10.3. The normalized spacial score (nSPS) is 21.2. The number of amides is 1. The summed E-state index contributed by atoms with van der Waals surface area (Å²) in [5.74, 6) is -1.94. The standard InChI is InChI=1S/C25H25F7N2O6S2/c26-18-3-6-20(7-4-18)42(39,40)34-19(12-22(35)33-13-15-9-10-41(37,38)14-15)5-1-16-11-17(2-8-21(16)34)23(36,24(27,28)29)25(30,31)32/h2-4,6-8,11,15,19,36H,1,5,9-10,12-14H2,(H,33,35). The number of rotatable bonds is 7. The summed E-state index contributed by atoms with van der Waals surface area (Å²) in [7, 11) is -7.86. The summed E-state index contributed by atoms with van der Waals surface area (Å²) in [5.41, 5.74) is -7.39. The maximum atomic E-state index is 13.7. The van der Waals surface area contributed by atoms with E-state index >= 15 is 0 Å². The number of aryl methyl sites for hydroxylation is 1. The number of nitrogens with zero attached hydrogens (tertiary/aromatic N) is 1. The molecule has 8 nitrogen and oxygen atoms in total. The number of carbonyl (C=O) groups excluding carboxylic acids is 1. The Bertz CT molecular complexity index is 1540.